The summed E-state index contributed by atoms with van der Waals surface area (Å²) in [7, 11) is -4.80. The Bertz CT molecular complexity index is 776. The molecule has 1 aromatic carbocycles. The summed E-state index contributed by atoms with van der Waals surface area (Å²) in [6, 6.07) is 6.41. The third kappa shape index (κ3) is 5.17. The summed E-state index contributed by atoms with van der Waals surface area (Å²) in [4.78, 5) is 18.1. The predicted molar refractivity (Wildman–Crippen MR) is 91.6 cm³/mol. The third-order valence-electron chi connectivity index (χ3n) is 3.86. The SMILES string of the molecule is CC(CC(O)C1=C(O)C=C(O)CC1=NP(=O)(O)O)c1ccc(O)cc1. The van der Waals surface area contributed by atoms with Gasteiger partial charge in [-0.25, -0.2) is 4.57 Å². The highest BCUT2D eigenvalue weighted by Gasteiger charge is 2.29. The van der Waals surface area contributed by atoms with E-state index in [2.05, 4.69) is 4.76 Å². The van der Waals surface area contributed by atoms with Crippen LogP contribution in [0.4, 0.5) is 0 Å². The lowest BCUT2D eigenvalue weighted by Gasteiger charge is -2.24. The number of hydrogen-bond donors (Lipinski definition) is 6. The molecule has 1 aliphatic rings. The van der Waals surface area contributed by atoms with Crippen LogP contribution in [-0.4, -0.2) is 42.0 Å². The van der Waals surface area contributed by atoms with Crippen LogP contribution in [0.5, 0.6) is 5.75 Å². The third-order valence-corrected chi connectivity index (χ3v) is 4.36. The van der Waals surface area contributed by atoms with Crippen molar-refractivity contribution >= 4 is 13.5 Å². The second kappa shape index (κ2) is 7.41. The van der Waals surface area contributed by atoms with E-state index in [1.807, 2.05) is 6.92 Å². The molecule has 0 saturated heterocycles. The largest absolute Gasteiger partial charge is 0.512 e. The minimum Gasteiger partial charge on any atom is -0.512 e. The predicted octanol–water partition coefficient (Wildman–Crippen LogP) is 2.44. The van der Waals surface area contributed by atoms with Gasteiger partial charge in [-0.15, -0.1) is 0 Å². The molecule has 0 aromatic heterocycles. The van der Waals surface area contributed by atoms with Gasteiger partial charge in [-0.1, -0.05) is 19.1 Å². The van der Waals surface area contributed by atoms with Gasteiger partial charge in [0.2, 0.25) is 0 Å². The second-order valence-electron chi connectivity index (χ2n) is 5.92. The van der Waals surface area contributed by atoms with Crippen LogP contribution in [0.2, 0.25) is 0 Å². The van der Waals surface area contributed by atoms with Crippen LogP contribution in [0.3, 0.4) is 0 Å². The van der Waals surface area contributed by atoms with Crippen LogP contribution in [0, 0.1) is 0 Å². The zero-order chi connectivity index (χ0) is 18.8. The molecule has 8 nitrogen and oxygen atoms in total. The van der Waals surface area contributed by atoms with Gasteiger partial charge in [-0.2, -0.15) is 4.76 Å². The van der Waals surface area contributed by atoms with Crippen LogP contribution in [0.15, 0.2) is 52.2 Å². The fourth-order valence-electron chi connectivity index (χ4n) is 2.70. The number of aromatic hydroxyl groups is 1. The summed E-state index contributed by atoms with van der Waals surface area (Å²) >= 11 is 0. The Kier molecular flexibility index (Phi) is 5.69. The number of phenols is 1. The average molecular weight is 369 g/mol. The molecule has 0 aliphatic heterocycles. The van der Waals surface area contributed by atoms with Gasteiger partial charge in [0.15, 0.2) is 0 Å². The maximum atomic E-state index is 11.2. The fraction of sp³-hybridized carbons (Fsp3) is 0.312. The lowest BCUT2D eigenvalue weighted by atomic mass is 9.87. The van der Waals surface area contributed by atoms with E-state index in [0.29, 0.717) is 0 Å². The molecule has 1 aromatic rings. The van der Waals surface area contributed by atoms with Crippen molar-refractivity contribution < 1.29 is 34.8 Å². The number of aliphatic hydroxyl groups is 3. The van der Waals surface area contributed by atoms with Gasteiger partial charge in [0.1, 0.15) is 17.3 Å². The molecule has 0 saturated carbocycles. The van der Waals surface area contributed by atoms with E-state index in [-0.39, 0.29) is 41.6 Å². The first-order chi connectivity index (χ1) is 11.6. The van der Waals surface area contributed by atoms with Crippen molar-refractivity contribution in [1.29, 1.82) is 0 Å². The van der Waals surface area contributed by atoms with Gasteiger partial charge in [-0.05, 0) is 30.0 Å². The van der Waals surface area contributed by atoms with Gasteiger partial charge in [-0.3, -0.25) is 0 Å². The Balaban J connectivity index is 2.29. The molecule has 2 atom stereocenters. The molecular weight excluding hydrogens is 349 g/mol. The normalized spacial score (nSPS) is 19.7. The number of allylic oxidation sites excluding steroid dienone is 2. The molecule has 0 spiro atoms. The van der Waals surface area contributed by atoms with Gasteiger partial charge in [0.05, 0.1) is 11.8 Å². The van der Waals surface area contributed by atoms with Crippen molar-refractivity contribution in [3.63, 3.8) is 0 Å². The van der Waals surface area contributed by atoms with E-state index >= 15 is 0 Å². The minimum atomic E-state index is -4.80. The van der Waals surface area contributed by atoms with Crippen LogP contribution < -0.4 is 0 Å². The van der Waals surface area contributed by atoms with E-state index < -0.39 is 19.6 Å². The molecule has 0 heterocycles. The van der Waals surface area contributed by atoms with Crippen molar-refractivity contribution in [2.75, 3.05) is 0 Å². The Morgan fingerprint density at radius 2 is 1.76 bits per heavy atom. The fourth-order valence-corrected chi connectivity index (χ4v) is 3.20. The Morgan fingerprint density at radius 1 is 1.16 bits per heavy atom. The minimum absolute atomic E-state index is 0.112. The zero-order valence-electron chi connectivity index (χ0n) is 13.4. The molecule has 6 N–H and O–H groups in total. The topological polar surface area (TPSA) is 151 Å². The number of phenolic OH excluding ortho intramolecular Hbond substituents is 1. The first kappa shape index (κ1) is 19.2. The number of rotatable bonds is 5. The summed E-state index contributed by atoms with van der Waals surface area (Å²) in [6.45, 7) is 1.82. The Labute approximate surface area is 144 Å². The van der Waals surface area contributed by atoms with Gasteiger partial charge in [0.25, 0.3) is 0 Å². The summed E-state index contributed by atoms with van der Waals surface area (Å²) < 4.78 is 14.4. The molecule has 2 rings (SSSR count). The van der Waals surface area contributed by atoms with E-state index in [0.717, 1.165) is 11.6 Å². The molecular formula is C16H20NO7P. The smallest absolute Gasteiger partial charge is 0.448 e. The number of nitrogens with zero attached hydrogens (tertiary/aromatic N) is 1. The monoisotopic (exact) mass is 369 g/mol. The van der Waals surface area contributed by atoms with Crippen LogP contribution >= 0.6 is 7.75 Å². The second-order valence-corrected chi connectivity index (χ2v) is 7.14. The molecule has 0 bridgehead atoms. The molecule has 0 radical (unpaired) electrons. The number of benzene rings is 1. The van der Waals surface area contributed by atoms with E-state index in [4.69, 9.17) is 9.79 Å². The van der Waals surface area contributed by atoms with Gasteiger partial charge in [0, 0.05) is 18.1 Å². The lowest BCUT2D eigenvalue weighted by Crippen LogP contribution is -2.24. The highest BCUT2D eigenvalue weighted by Crippen LogP contribution is 2.39. The van der Waals surface area contributed by atoms with Crippen LogP contribution in [0.1, 0.15) is 31.2 Å². The van der Waals surface area contributed by atoms with Gasteiger partial charge >= 0.3 is 7.75 Å². The highest BCUT2D eigenvalue weighted by molar-refractivity contribution is 7.50. The maximum absolute atomic E-state index is 11.2. The van der Waals surface area contributed by atoms with Crippen molar-refractivity contribution in [1.82, 2.24) is 0 Å². The maximum Gasteiger partial charge on any atom is 0.448 e. The zero-order valence-corrected chi connectivity index (χ0v) is 14.3. The average Bonchev–Trinajstić information content (AvgIpc) is 2.45. The van der Waals surface area contributed by atoms with Crippen molar-refractivity contribution in [2.24, 2.45) is 4.76 Å². The van der Waals surface area contributed by atoms with Gasteiger partial charge < -0.3 is 30.2 Å². The number of aliphatic hydroxyl groups excluding tert-OH is 3. The van der Waals surface area contributed by atoms with Crippen molar-refractivity contribution in [2.45, 2.75) is 31.8 Å². The number of hydrogen-bond acceptors (Lipinski definition) is 5. The summed E-state index contributed by atoms with van der Waals surface area (Å²) in [6.07, 6.45) is -0.394. The van der Waals surface area contributed by atoms with Crippen molar-refractivity contribution in [3.8, 4) is 5.75 Å². The first-order valence-corrected chi connectivity index (χ1v) is 9.08. The standard InChI is InChI=1S/C16H20NO7P/c1-9(10-2-4-11(18)5-3-10)6-14(20)16-13(17-25(22,23)24)7-12(19)8-15(16)21/h2-5,8-9,14,18-21H,6-7H2,1H3,(H2,22,23,24). The molecule has 2 unspecified atom stereocenters. The van der Waals surface area contributed by atoms with E-state index in [1.165, 1.54) is 12.1 Å². The molecule has 25 heavy (non-hydrogen) atoms. The molecule has 0 amide bonds. The summed E-state index contributed by atoms with van der Waals surface area (Å²) in [5.41, 5.74) is 0.461. The van der Waals surface area contributed by atoms with Crippen LogP contribution in [0.25, 0.3) is 0 Å². The molecule has 9 heteroatoms. The van der Waals surface area contributed by atoms with E-state index in [9.17, 15) is 25.0 Å². The molecule has 1 aliphatic carbocycles. The Hall–Kier alpha value is -2.12. The molecule has 0 fully saturated rings. The summed E-state index contributed by atoms with van der Waals surface area (Å²) in [5, 5.41) is 39.4. The lowest BCUT2D eigenvalue weighted by molar-refractivity contribution is 0.191. The molecule has 136 valence electrons. The van der Waals surface area contributed by atoms with Crippen LogP contribution in [-0.2, 0) is 4.57 Å². The quantitative estimate of drug-likeness (QED) is 0.436. The van der Waals surface area contributed by atoms with Crippen molar-refractivity contribution in [3.05, 3.63) is 53.0 Å². The highest BCUT2D eigenvalue weighted by atomic mass is 31.2. The first-order valence-electron chi connectivity index (χ1n) is 7.51. The Morgan fingerprint density at radius 3 is 2.32 bits per heavy atom. The van der Waals surface area contributed by atoms with E-state index in [1.54, 1.807) is 12.1 Å². The summed E-state index contributed by atoms with van der Waals surface area (Å²) in [5.74, 6) is -0.860.